The van der Waals surface area contributed by atoms with Crippen molar-refractivity contribution < 1.29 is 4.74 Å². The molecule has 0 fully saturated rings. The minimum absolute atomic E-state index is 0.153. The van der Waals surface area contributed by atoms with Crippen LogP contribution in [0, 0.1) is 0 Å². The molecule has 0 saturated heterocycles. The highest BCUT2D eigenvalue weighted by molar-refractivity contribution is 9.10. The van der Waals surface area contributed by atoms with Crippen molar-refractivity contribution in [3.63, 3.8) is 0 Å². The topological polar surface area (TPSA) is 53.2 Å². The molecule has 0 spiro atoms. The van der Waals surface area contributed by atoms with Crippen molar-refractivity contribution in [2.45, 2.75) is 6.61 Å². The van der Waals surface area contributed by atoms with E-state index in [0.717, 1.165) is 14.6 Å². The smallest absolute Gasteiger partial charge is 0.330 e. The fourth-order valence-corrected chi connectivity index (χ4v) is 2.04. The van der Waals surface area contributed by atoms with Crippen molar-refractivity contribution >= 4 is 15.9 Å². The van der Waals surface area contributed by atoms with Crippen molar-refractivity contribution in [3.05, 3.63) is 61.3 Å². The Labute approximate surface area is 118 Å². The molecule has 0 radical (unpaired) electrons. The van der Waals surface area contributed by atoms with Crippen LogP contribution in [0.5, 0.6) is 5.75 Å². The fourth-order valence-electron chi connectivity index (χ4n) is 1.65. The molecule has 0 unspecified atom stereocenters. The first-order chi connectivity index (χ1) is 9.00. The third kappa shape index (κ3) is 2.78. The number of hydrogen-bond acceptors (Lipinski definition) is 3. The molecule has 2 rings (SSSR count). The number of aryl methyl sites for hydroxylation is 1. The van der Waals surface area contributed by atoms with Gasteiger partial charge in [-0.15, -0.1) is 0 Å². The largest absolute Gasteiger partial charge is 0.482 e. The molecule has 0 aliphatic carbocycles. The summed E-state index contributed by atoms with van der Waals surface area (Å²) in [6, 6.07) is 7.59. The predicted octanol–water partition coefficient (Wildman–Crippen LogP) is 1.43. The van der Waals surface area contributed by atoms with Crippen molar-refractivity contribution in [2.75, 3.05) is 0 Å². The summed E-state index contributed by atoms with van der Waals surface area (Å²) in [6.45, 7) is 0.259. The Morgan fingerprint density at radius 3 is 2.58 bits per heavy atom. The van der Waals surface area contributed by atoms with Gasteiger partial charge in [0.25, 0.3) is 5.56 Å². The van der Waals surface area contributed by atoms with E-state index in [9.17, 15) is 9.59 Å². The average Bonchev–Trinajstić information content (AvgIpc) is 2.40. The number of hydrogen-bond donors (Lipinski definition) is 0. The van der Waals surface area contributed by atoms with Crippen LogP contribution in [-0.2, 0) is 20.7 Å². The Morgan fingerprint density at radius 1 is 1.21 bits per heavy atom. The molecule has 0 aliphatic rings. The normalized spacial score (nSPS) is 10.5. The van der Waals surface area contributed by atoms with Crippen LogP contribution in [0.1, 0.15) is 5.56 Å². The molecule has 100 valence electrons. The fraction of sp³-hybridized carbons (Fsp3) is 0.231. The number of rotatable bonds is 3. The zero-order valence-electron chi connectivity index (χ0n) is 10.6. The van der Waals surface area contributed by atoms with Gasteiger partial charge in [0, 0.05) is 24.1 Å². The van der Waals surface area contributed by atoms with E-state index in [1.54, 1.807) is 7.05 Å². The molecular weight excluding hydrogens is 312 g/mol. The molecule has 1 heterocycles. The third-order valence-electron chi connectivity index (χ3n) is 2.76. The third-order valence-corrected chi connectivity index (χ3v) is 3.53. The Balaban J connectivity index is 2.29. The number of halogens is 1. The molecule has 1 aromatic heterocycles. The van der Waals surface area contributed by atoms with Gasteiger partial charge in [-0.05, 0) is 6.07 Å². The second-order valence-electron chi connectivity index (χ2n) is 4.13. The van der Waals surface area contributed by atoms with Gasteiger partial charge in [0.2, 0.25) is 5.75 Å². The first-order valence-electron chi connectivity index (χ1n) is 5.63. The molecule has 19 heavy (non-hydrogen) atoms. The summed E-state index contributed by atoms with van der Waals surface area (Å²) in [5, 5.41) is 0. The zero-order chi connectivity index (χ0) is 14.0. The highest BCUT2D eigenvalue weighted by atomic mass is 79.9. The highest BCUT2D eigenvalue weighted by Gasteiger charge is 2.08. The Morgan fingerprint density at radius 2 is 1.89 bits per heavy atom. The zero-order valence-corrected chi connectivity index (χ0v) is 12.2. The quantitative estimate of drug-likeness (QED) is 0.858. The highest BCUT2D eigenvalue weighted by Crippen LogP contribution is 2.17. The summed E-state index contributed by atoms with van der Waals surface area (Å²) in [7, 11) is 3.00. The van der Waals surface area contributed by atoms with Gasteiger partial charge in [-0.25, -0.2) is 4.79 Å². The van der Waals surface area contributed by atoms with Crippen molar-refractivity contribution in [1.82, 2.24) is 9.13 Å². The van der Waals surface area contributed by atoms with Crippen molar-refractivity contribution in [2.24, 2.45) is 14.1 Å². The van der Waals surface area contributed by atoms with E-state index in [1.165, 1.54) is 17.8 Å². The maximum absolute atomic E-state index is 11.9. The SMILES string of the molecule is Cn1cc(OCc2ccccc2Br)c(=O)n(C)c1=O. The summed E-state index contributed by atoms with van der Waals surface area (Å²) in [5.41, 5.74) is 0.117. The number of aromatic nitrogens is 2. The Kier molecular flexibility index (Phi) is 3.90. The Hall–Kier alpha value is -1.82. The van der Waals surface area contributed by atoms with E-state index in [0.29, 0.717) is 0 Å². The molecule has 2 aromatic rings. The van der Waals surface area contributed by atoms with E-state index in [4.69, 9.17) is 4.74 Å². The van der Waals surface area contributed by atoms with E-state index >= 15 is 0 Å². The lowest BCUT2D eigenvalue weighted by atomic mass is 10.2. The van der Waals surface area contributed by atoms with Gasteiger partial charge in [-0.1, -0.05) is 34.1 Å². The van der Waals surface area contributed by atoms with Gasteiger partial charge >= 0.3 is 5.69 Å². The van der Waals surface area contributed by atoms with Crippen LogP contribution < -0.4 is 16.0 Å². The molecular formula is C13H13BrN2O3. The summed E-state index contributed by atoms with van der Waals surface area (Å²) in [4.78, 5) is 23.4. The van der Waals surface area contributed by atoms with Crippen LogP contribution >= 0.6 is 15.9 Å². The van der Waals surface area contributed by atoms with Gasteiger partial charge in [0.05, 0.1) is 6.20 Å². The summed E-state index contributed by atoms with van der Waals surface area (Å²) in [6.07, 6.45) is 1.40. The lowest BCUT2D eigenvalue weighted by molar-refractivity contribution is 0.294. The molecule has 0 amide bonds. The minimum Gasteiger partial charge on any atom is -0.482 e. The van der Waals surface area contributed by atoms with E-state index < -0.39 is 5.56 Å². The van der Waals surface area contributed by atoms with Gasteiger partial charge in [-0.2, -0.15) is 0 Å². The first-order valence-corrected chi connectivity index (χ1v) is 6.43. The number of ether oxygens (including phenoxy) is 1. The molecule has 6 heteroatoms. The maximum atomic E-state index is 11.9. The number of nitrogens with zero attached hydrogens (tertiary/aromatic N) is 2. The molecule has 0 N–H and O–H groups in total. The van der Waals surface area contributed by atoms with Crippen molar-refractivity contribution in [3.8, 4) is 5.75 Å². The second-order valence-corrected chi connectivity index (χ2v) is 4.99. The lowest BCUT2D eigenvalue weighted by Gasteiger charge is -2.09. The van der Waals surface area contributed by atoms with Gasteiger partial charge in [-0.3, -0.25) is 13.9 Å². The molecule has 0 bridgehead atoms. The van der Waals surface area contributed by atoms with Crippen LogP contribution in [0.4, 0.5) is 0 Å². The van der Waals surface area contributed by atoms with Crippen molar-refractivity contribution in [1.29, 1.82) is 0 Å². The molecule has 0 saturated carbocycles. The molecule has 5 nitrogen and oxygen atoms in total. The minimum atomic E-state index is -0.435. The van der Waals surface area contributed by atoms with Crippen LogP contribution in [0.3, 0.4) is 0 Å². The van der Waals surface area contributed by atoms with Gasteiger partial charge < -0.3 is 4.74 Å². The van der Waals surface area contributed by atoms with E-state index in [-0.39, 0.29) is 18.0 Å². The lowest BCUT2D eigenvalue weighted by Crippen LogP contribution is -2.36. The standard InChI is InChI=1S/C13H13BrN2O3/c1-15-7-11(12(17)16(2)13(15)18)19-8-9-5-3-4-6-10(9)14/h3-7H,8H2,1-2H3. The van der Waals surface area contributed by atoms with E-state index in [2.05, 4.69) is 15.9 Å². The summed E-state index contributed by atoms with van der Waals surface area (Å²) < 4.78 is 8.75. The van der Waals surface area contributed by atoms with Crippen LogP contribution in [0.15, 0.2) is 44.5 Å². The molecule has 1 aromatic carbocycles. The summed E-state index contributed by atoms with van der Waals surface area (Å²) in [5.74, 6) is 0.153. The van der Waals surface area contributed by atoms with Crippen LogP contribution in [0.25, 0.3) is 0 Å². The first kappa shape index (κ1) is 13.6. The van der Waals surface area contributed by atoms with E-state index in [1.807, 2.05) is 24.3 Å². The van der Waals surface area contributed by atoms with Crippen LogP contribution in [-0.4, -0.2) is 9.13 Å². The molecule has 0 aliphatic heterocycles. The Bertz CT molecular complexity index is 719. The number of benzene rings is 1. The second kappa shape index (κ2) is 5.44. The predicted molar refractivity (Wildman–Crippen MR) is 75.4 cm³/mol. The van der Waals surface area contributed by atoms with Gasteiger partial charge in [0.1, 0.15) is 6.61 Å². The van der Waals surface area contributed by atoms with Crippen LogP contribution in [0.2, 0.25) is 0 Å². The monoisotopic (exact) mass is 324 g/mol. The molecule has 0 atom stereocenters. The van der Waals surface area contributed by atoms with Gasteiger partial charge in [0.15, 0.2) is 0 Å². The summed E-state index contributed by atoms with van der Waals surface area (Å²) >= 11 is 3.41. The maximum Gasteiger partial charge on any atom is 0.330 e. The average molecular weight is 325 g/mol.